The fourth-order valence-corrected chi connectivity index (χ4v) is 3.76. The number of ether oxygens (including phenoxy) is 1. The van der Waals surface area contributed by atoms with Gasteiger partial charge >= 0.3 is 5.97 Å². The number of esters is 1. The number of hydrogen-bond donors (Lipinski definition) is 2. The van der Waals surface area contributed by atoms with E-state index in [2.05, 4.69) is 10.5 Å². The molecule has 0 aliphatic rings. The van der Waals surface area contributed by atoms with Crippen molar-refractivity contribution >= 4 is 17.6 Å². The Balaban J connectivity index is 1.94. The number of nitrogens with zero attached hydrogens (tertiary/aromatic N) is 1. The van der Waals surface area contributed by atoms with E-state index in [-0.39, 0.29) is 19.6 Å². The van der Waals surface area contributed by atoms with Crippen molar-refractivity contribution in [3.8, 4) is 0 Å². The molecule has 2 N–H and O–H groups in total. The Kier molecular flexibility index (Phi) is 8.77. The topological polar surface area (TPSA) is 88.0 Å². The number of oxime groups is 1. The van der Waals surface area contributed by atoms with Gasteiger partial charge in [0.1, 0.15) is 5.92 Å². The molecule has 0 aromatic heterocycles. The maximum Gasteiger partial charge on any atom is 0.319 e. The van der Waals surface area contributed by atoms with Gasteiger partial charge in [-0.15, -0.1) is 0 Å². The summed E-state index contributed by atoms with van der Waals surface area (Å²) in [4.78, 5) is 26.4. The number of carbonyl (C=O) groups excluding carboxylic acids is 2. The van der Waals surface area contributed by atoms with Gasteiger partial charge in [-0.2, -0.15) is 0 Å². The van der Waals surface area contributed by atoms with Crippen molar-refractivity contribution in [2.75, 3.05) is 6.61 Å². The Hall–Kier alpha value is -3.93. The Bertz CT molecular complexity index is 1050. The molecular weight excluding hydrogens is 416 g/mol. The molecule has 0 saturated carbocycles. The zero-order valence-corrected chi connectivity index (χ0v) is 18.6. The standard InChI is InChI=1S/C27H28N2O4/c1-2-33-27(31)25(26(30)28-19-20-12-6-3-7-13-20)23(21-14-8-4-9-15-21)18-24(29-32)22-16-10-5-11-17-22/h3-17,23,25,32H,2,18-19H2,1H3,(H,28,30)/b29-24+. The summed E-state index contributed by atoms with van der Waals surface area (Å²) in [6.45, 7) is 2.15. The molecule has 2 atom stereocenters. The third kappa shape index (κ3) is 6.53. The van der Waals surface area contributed by atoms with Crippen LogP contribution in [0.3, 0.4) is 0 Å². The van der Waals surface area contributed by atoms with Crippen LogP contribution in [0.2, 0.25) is 0 Å². The van der Waals surface area contributed by atoms with Gasteiger partial charge in [0.05, 0.1) is 12.3 Å². The highest BCUT2D eigenvalue weighted by Crippen LogP contribution is 2.31. The van der Waals surface area contributed by atoms with Crippen molar-refractivity contribution in [3.63, 3.8) is 0 Å². The van der Waals surface area contributed by atoms with E-state index in [4.69, 9.17) is 4.74 Å². The van der Waals surface area contributed by atoms with Crippen LogP contribution < -0.4 is 5.32 Å². The van der Waals surface area contributed by atoms with Crippen LogP contribution in [-0.2, 0) is 20.9 Å². The SMILES string of the molecule is CCOC(=O)C(C(=O)NCc1ccccc1)C(C/C(=N\O)c1ccccc1)c1ccccc1. The van der Waals surface area contributed by atoms with E-state index >= 15 is 0 Å². The second-order valence-electron chi connectivity index (χ2n) is 7.57. The molecule has 6 nitrogen and oxygen atoms in total. The van der Waals surface area contributed by atoms with Gasteiger partial charge in [0, 0.05) is 18.9 Å². The second kappa shape index (κ2) is 12.2. The quantitative estimate of drug-likeness (QED) is 0.158. The van der Waals surface area contributed by atoms with Crippen LogP contribution in [0.1, 0.15) is 36.0 Å². The van der Waals surface area contributed by atoms with Gasteiger partial charge in [-0.25, -0.2) is 0 Å². The molecule has 170 valence electrons. The van der Waals surface area contributed by atoms with Crippen molar-refractivity contribution in [2.24, 2.45) is 11.1 Å². The van der Waals surface area contributed by atoms with Gasteiger partial charge in [0.25, 0.3) is 0 Å². The van der Waals surface area contributed by atoms with Crippen LogP contribution in [0.4, 0.5) is 0 Å². The molecule has 0 aliphatic carbocycles. The molecule has 3 rings (SSSR count). The van der Waals surface area contributed by atoms with Crippen LogP contribution in [0.15, 0.2) is 96.2 Å². The predicted molar refractivity (Wildman–Crippen MR) is 127 cm³/mol. The summed E-state index contributed by atoms with van der Waals surface area (Å²) in [5.41, 5.74) is 2.80. The predicted octanol–water partition coefficient (Wildman–Crippen LogP) is 4.53. The fourth-order valence-electron chi connectivity index (χ4n) is 3.76. The lowest BCUT2D eigenvalue weighted by atomic mass is 9.80. The second-order valence-corrected chi connectivity index (χ2v) is 7.57. The lowest BCUT2D eigenvalue weighted by Gasteiger charge is -2.26. The summed E-state index contributed by atoms with van der Waals surface area (Å²) < 4.78 is 5.30. The number of amides is 1. The average molecular weight is 445 g/mol. The minimum absolute atomic E-state index is 0.155. The van der Waals surface area contributed by atoms with Crippen molar-refractivity contribution in [1.82, 2.24) is 5.32 Å². The van der Waals surface area contributed by atoms with Crippen molar-refractivity contribution in [3.05, 3.63) is 108 Å². The van der Waals surface area contributed by atoms with E-state index in [1.54, 1.807) is 6.92 Å². The summed E-state index contributed by atoms with van der Waals surface area (Å²) >= 11 is 0. The zero-order valence-electron chi connectivity index (χ0n) is 18.6. The number of nitrogens with one attached hydrogen (secondary N) is 1. The van der Waals surface area contributed by atoms with Crippen molar-refractivity contribution in [1.29, 1.82) is 0 Å². The minimum atomic E-state index is -1.11. The first kappa shape index (κ1) is 23.7. The first-order chi connectivity index (χ1) is 16.1. The monoisotopic (exact) mass is 444 g/mol. The number of rotatable bonds is 10. The molecule has 0 aliphatic heterocycles. The molecule has 0 radical (unpaired) electrons. The summed E-state index contributed by atoms with van der Waals surface area (Å²) in [5, 5.41) is 16.1. The largest absolute Gasteiger partial charge is 0.465 e. The van der Waals surface area contributed by atoms with Gasteiger partial charge < -0.3 is 15.3 Å². The molecule has 0 bridgehead atoms. The molecule has 3 aromatic carbocycles. The highest BCUT2D eigenvalue weighted by atomic mass is 16.5. The molecule has 3 aromatic rings. The third-order valence-electron chi connectivity index (χ3n) is 5.40. The van der Waals surface area contributed by atoms with Crippen molar-refractivity contribution < 1.29 is 19.5 Å². The van der Waals surface area contributed by atoms with Gasteiger partial charge in [-0.3, -0.25) is 9.59 Å². The summed E-state index contributed by atoms with van der Waals surface area (Å²) in [5.74, 6) is -2.75. The molecule has 2 unspecified atom stereocenters. The number of carbonyl (C=O) groups is 2. The molecular formula is C27H28N2O4. The summed E-state index contributed by atoms with van der Waals surface area (Å²) in [7, 11) is 0. The first-order valence-electron chi connectivity index (χ1n) is 10.9. The van der Waals surface area contributed by atoms with E-state index in [1.165, 1.54) is 0 Å². The Morgan fingerprint density at radius 3 is 2.06 bits per heavy atom. The molecule has 0 spiro atoms. The lowest BCUT2D eigenvalue weighted by Crippen LogP contribution is -2.40. The van der Waals surface area contributed by atoms with Crippen LogP contribution in [0.25, 0.3) is 0 Å². The van der Waals surface area contributed by atoms with Crippen LogP contribution in [0, 0.1) is 5.92 Å². The Morgan fingerprint density at radius 2 is 1.48 bits per heavy atom. The molecule has 0 saturated heterocycles. The number of hydrogen-bond acceptors (Lipinski definition) is 5. The normalized spacial score (nSPS) is 13.1. The Labute approximate surface area is 193 Å². The van der Waals surface area contributed by atoms with Gasteiger partial charge in [0.15, 0.2) is 0 Å². The van der Waals surface area contributed by atoms with Crippen LogP contribution in [-0.4, -0.2) is 29.4 Å². The van der Waals surface area contributed by atoms with Crippen LogP contribution in [0.5, 0.6) is 0 Å². The molecule has 0 heterocycles. The summed E-state index contributed by atoms with van der Waals surface area (Å²) in [6.07, 6.45) is 0.173. The highest BCUT2D eigenvalue weighted by Gasteiger charge is 2.38. The summed E-state index contributed by atoms with van der Waals surface area (Å²) in [6, 6.07) is 28.0. The fraction of sp³-hybridized carbons (Fsp3) is 0.222. The highest BCUT2D eigenvalue weighted by molar-refractivity contribution is 6.03. The maximum absolute atomic E-state index is 13.3. The average Bonchev–Trinajstić information content (AvgIpc) is 2.87. The van der Waals surface area contributed by atoms with E-state index in [0.717, 1.165) is 11.1 Å². The van der Waals surface area contributed by atoms with E-state index in [0.29, 0.717) is 11.3 Å². The minimum Gasteiger partial charge on any atom is -0.465 e. The molecule has 6 heteroatoms. The van der Waals surface area contributed by atoms with E-state index < -0.39 is 23.7 Å². The van der Waals surface area contributed by atoms with E-state index in [1.807, 2.05) is 91.0 Å². The Morgan fingerprint density at radius 1 is 0.909 bits per heavy atom. The van der Waals surface area contributed by atoms with E-state index in [9.17, 15) is 14.8 Å². The molecule has 33 heavy (non-hydrogen) atoms. The molecule has 1 amide bonds. The van der Waals surface area contributed by atoms with Gasteiger partial charge in [-0.1, -0.05) is 96.2 Å². The van der Waals surface area contributed by atoms with Crippen LogP contribution >= 0.6 is 0 Å². The van der Waals surface area contributed by atoms with Gasteiger partial charge in [0.2, 0.25) is 5.91 Å². The smallest absolute Gasteiger partial charge is 0.319 e. The maximum atomic E-state index is 13.3. The van der Waals surface area contributed by atoms with Crippen molar-refractivity contribution in [2.45, 2.75) is 25.8 Å². The zero-order chi connectivity index (χ0) is 23.5. The van der Waals surface area contributed by atoms with Gasteiger partial charge in [-0.05, 0) is 23.6 Å². The number of benzene rings is 3. The molecule has 0 fully saturated rings. The first-order valence-corrected chi connectivity index (χ1v) is 10.9. The lowest BCUT2D eigenvalue weighted by molar-refractivity contribution is -0.153. The third-order valence-corrected chi connectivity index (χ3v) is 5.40.